The van der Waals surface area contributed by atoms with E-state index in [2.05, 4.69) is 66.8 Å². The number of pyridine rings is 1. The minimum atomic E-state index is 0.762. The first-order chi connectivity index (χ1) is 14.9. The third-order valence-corrected chi connectivity index (χ3v) is 6.45. The number of aromatic nitrogens is 4. The predicted molar refractivity (Wildman–Crippen MR) is 123 cm³/mol. The number of hydrogen-bond acceptors (Lipinski definition) is 4. The van der Waals surface area contributed by atoms with Gasteiger partial charge in [0.25, 0.3) is 0 Å². The highest BCUT2D eigenvalue weighted by Gasteiger charge is 2.18. The average molecular weight is 399 g/mol. The quantitative estimate of drug-likeness (QED) is 0.476. The largest absolute Gasteiger partial charge is 0.371 e. The fourth-order valence-electron chi connectivity index (χ4n) is 4.85. The fraction of sp³-hybridized carbons (Fsp3) is 0.333. The number of benzene rings is 1. The van der Waals surface area contributed by atoms with Gasteiger partial charge in [-0.15, -0.1) is 0 Å². The highest BCUT2D eigenvalue weighted by Crippen LogP contribution is 2.34. The molecule has 6 nitrogen and oxygen atoms in total. The van der Waals surface area contributed by atoms with E-state index in [4.69, 9.17) is 0 Å². The van der Waals surface area contributed by atoms with Crippen LogP contribution in [0.15, 0.2) is 42.6 Å². The first-order valence-electron chi connectivity index (χ1n) is 11.0. The summed E-state index contributed by atoms with van der Waals surface area (Å²) in [6.07, 6.45) is 9.14. The third-order valence-electron chi connectivity index (χ3n) is 6.45. The highest BCUT2D eigenvalue weighted by molar-refractivity contribution is 5.99. The van der Waals surface area contributed by atoms with E-state index < -0.39 is 0 Å². The Bertz CT molecular complexity index is 1240. The highest BCUT2D eigenvalue weighted by atomic mass is 15.2. The molecule has 6 heteroatoms. The van der Waals surface area contributed by atoms with Crippen molar-refractivity contribution in [3.05, 3.63) is 48.2 Å². The zero-order chi connectivity index (χ0) is 19.9. The molecule has 0 amide bonds. The number of rotatable bonds is 3. The van der Waals surface area contributed by atoms with Gasteiger partial charge in [-0.05, 0) is 67.6 Å². The lowest BCUT2D eigenvalue weighted by molar-refractivity contribution is 0.579. The molecular formula is C24H26N6. The van der Waals surface area contributed by atoms with Gasteiger partial charge in [-0.1, -0.05) is 12.1 Å². The van der Waals surface area contributed by atoms with Crippen molar-refractivity contribution < 1.29 is 0 Å². The van der Waals surface area contributed by atoms with Crippen molar-refractivity contribution >= 4 is 33.2 Å². The summed E-state index contributed by atoms with van der Waals surface area (Å²) < 4.78 is 0. The zero-order valence-electron chi connectivity index (χ0n) is 17.0. The minimum absolute atomic E-state index is 0.762. The van der Waals surface area contributed by atoms with E-state index in [1.54, 1.807) is 0 Å². The van der Waals surface area contributed by atoms with E-state index in [1.165, 1.54) is 47.0 Å². The molecular weight excluding hydrogens is 372 g/mol. The smallest absolute Gasteiger partial charge is 0.181 e. The van der Waals surface area contributed by atoms with Crippen molar-refractivity contribution in [3.8, 4) is 11.4 Å². The monoisotopic (exact) mass is 398 g/mol. The van der Waals surface area contributed by atoms with Crippen molar-refractivity contribution in [1.82, 2.24) is 25.5 Å². The summed E-state index contributed by atoms with van der Waals surface area (Å²) in [5.41, 5.74) is 7.89. The first-order valence-corrected chi connectivity index (χ1v) is 11.0. The normalized spacial score (nSPS) is 17.6. The van der Waals surface area contributed by atoms with Crippen LogP contribution in [0, 0.1) is 0 Å². The second-order valence-corrected chi connectivity index (χ2v) is 8.35. The molecule has 0 spiro atoms. The number of fused-ring (bicyclic) bond motifs is 2. The number of nitrogens with one attached hydrogen (secondary N) is 3. The molecule has 2 aliphatic rings. The van der Waals surface area contributed by atoms with Gasteiger partial charge in [0, 0.05) is 47.8 Å². The lowest BCUT2D eigenvalue weighted by atomic mass is 10.0. The molecule has 1 fully saturated rings. The van der Waals surface area contributed by atoms with Gasteiger partial charge in [-0.25, -0.2) is 4.98 Å². The molecule has 0 atom stereocenters. The summed E-state index contributed by atoms with van der Waals surface area (Å²) >= 11 is 0. The Kier molecular flexibility index (Phi) is 4.30. The average Bonchev–Trinajstić information content (AvgIpc) is 3.43. The molecule has 0 saturated carbocycles. The van der Waals surface area contributed by atoms with E-state index in [0.29, 0.717) is 0 Å². The van der Waals surface area contributed by atoms with E-state index >= 15 is 0 Å². The molecule has 0 unspecified atom stereocenters. The van der Waals surface area contributed by atoms with Gasteiger partial charge in [-0.2, -0.15) is 5.10 Å². The Labute approximate surface area is 175 Å². The number of piperidine rings is 1. The van der Waals surface area contributed by atoms with E-state index in [9.17, 15) is 0 Å². The van der Waals surface area contributed by atoms with Crippen molar-refractivity contribution in [2.24, 2.45) is 0 Å². The van der Waals surface area contributed by atoms with Crippen LogP contribution in [0.3, 0.4) is 0 Å². The minimum Gasteiger partial charge on any atom is -0.371 e. The predicted octanol–water partition coefficient (Wildman–Crippen LogP) is 4.47. The van der Waals surface area contributed by atoms with Gasteiger partial charge in [0.05, 0.1) is 11.4 Å². The molecule has 3 N–H and O–H groups in total. The van der Waals surface area contributed by atoms with Crippen LogP contribution in [-0.2, 0) is 0 Å². The summed E-state index contributed by atoms with van der Waals surface area (Å²) in [6, 6.07) is 11.1. The van der Waals surface area contributed by atoms with Crippen molar-refractivity contribution in [3.63, 3.8) is 0 Å². The Hall–Kier alpha value is -3.12. The molecule has 152 valence electrons. The van der Waals surface area contributed by atoms with Gasteiger partial charge in [0.1, 0.15) is 0 Å². The van der Waals surface area contributed by atoms with E-state index in [-0.39, 0.29) is 0 Å². The van der Waals surface area contributed by atoms with E-state index in [0.717, 1.165) is 55.0 Å². The number of anilines is 1. The standard InChI is InChI=1S/C24H26N6/c1-2-11-30(12-3-1)22-6-4-5-20-18(22)14-21(27-20)23-19-13-17(15-26-24(19)29-28-23)16-7-9-25-10-8-16/h4-7,13-15,25,27H,1-3,8-12H2,(H,26,28,29). The lowest BCUT2D eigenvalue weighted by Gasteiger charge is -2.29. The molecule has 0 radical (unpaired) electrons. The number of nitrogens with zero attached hydrogens (tertiary/aromatic N) is 3. The maximum Gasteiger partial charge on any atom is 0.181 e. The Morgan fingerprint density at radius 2 is 1.93 bits per heavy atom. The van der Waals surface area contributed by atoms with Crippen LogP contribution in [0.5, 0.6) is 0 Å². The fourth-order valence-corrected chi connectivity index (χ4v) is 4.85. The Balaban J connectivity index is 1.44. The summed E-state index contributed by atoms with van der Waals surface area (Å²) in [5.74, 6) is 0. The molecule has 1 aromatic carbocycles. The summed E-state index contributed by atoms with van der Waals surface area (Å²) in [4.78, 5) is 10.8. The van der Waals surface area contributed by atoms with Crippen molar-refractivity contribution in [1.29, 1.82) is 0 Å². The van der Waals surface area contributed by atoms with Crippen LogP contribution < -0.4 is 10.2 Å². The van der Waals surface area contributed by atoms with Crippen molar-refractivity contribution in [2.75, 3.05) is 31.1 Å². The van der Waals surface area contributed by atoms with Gasteiger partial charge in [0.2, 0.25) is 0 Å². The first kappa shape index (κ1) is 17.7. The van der Waals surface area contributed by atoms with E-state index in [1.807, 2.05) is 6.20 Å². The topological polar surface area (TPSA) is 72.6 Å². The summed E-state index contributed by atoms with van der Waals surface area (Å²) in [6.45, 7) is 4.23. The van der Waals surface area contributed by atoms with Crippen LogP contribution >= 0.6 is 0 Å². The third kappa shape index (κ3) is 2.99. The number of H-pyrrole nitrogens is 2. The van der Waals surface area contributed by atoms with Gasteiger partial charge in [-0.3, -0.25) is 5.10 Å². The Morgan fingerprint density at radius 3 is 2.80 bits per heavy atom. The van der Waals surface area contributed by atoms with Crippen molar-refractivity contribution in [2.45, 2.75) is 25.7 Å². The maximum atomic E-state index is 4.62. The second kappa shape index (κ2) is 7.29. The lowest BCUT2D eigenvalue weighted by Crippen LogP contribution is -2.29. The molecule has 3 aromatic heterocycles. The summed E-state index contributed by atoms with van der Waals surface area (Å²) in [7, 11) is 0. The molecule has 0 bridgehead atoms. The van der Waals surface area contributed by atoms with Gasteiger partial charge < -0.3 is 15.2 Å². The second-order valence-electron chi connectivity index (χ2n) is 8.35. The van der Waals surface area contributed by atoms with Crippen LogP contribution in [0.1, 0.15) is 31.2 Å². The molecule has 6 rings (SSSR count). The molecule has 5 heterocycles. The van der Waals surface area contributed by atoms with Gasteiger partial charge >= 0.3 is 0 Å². The van der Waals surface area contributed by atoms with Gasteiger partial charge in [0.15, 0.2) is 5.65 Å². The van der Waals surface area contributed by atoms with Crippen LogP contribution in [0.2, 0.25) is 0 Å². The maximum absolute atomic E-state index is 4.62. The molecule has 30 heavy (non-hydrogen) atoms. The molecule has 0 aliphatic carbocycles. The molecule has 4 aromatic rings. The van der Waals surface area contributed by atoms with Crippen LogP contribution in [0.4, 0.5) is 5.69 Å². The van der Waals surface area contributed by atoms with Crippen LogP contribution in [0.25, 0.3) is 38.9 Å². The molecule has 2 aliphatic heterocycles. The SMILES string of the molecule is C1=C(c2cnc3n[nH]c(-c4cc5c(N6CCCCC6)cccc5[nH]4)c3c2)CCNC1. The summed E-state index contributed by atoms with van der Waals surface area (Å²) in [5, 5.41) is 13.4. The van der Waals surface area contributed by atoms with Crippen LogP contribution in [-0.4, -0.2) is 46.3 Å². The number of hydrogen-bond donors (Lipinski definition) is 3. The zero-order valence-corrected chi connectivity index (χ0v) is 17.0. The Morgan fingerprint density at radius 1 is 1.00 bits per heavy atom. The number of aromatic amines is 2. The molecule has 1 saturated heterocycles.